The van der Waals surface area contributed by atoms with E-state index in [1.54, 1.807) is 15.9 Å². The fourth-order valence-corrected chi connectivity index (χ4v) is 3.78. The van der Waals surface area contributed by atoms with Crippen molar-refractivity contribution in [1.29, 1.82) is 0 Å². The Morgan fingerprint density at radius 2 is 1.66 bits per heavy atom. The zero-order chi connectivity index (χ0) is 20.2. The molecule has 1 aromatic heterocycles. The summed E-state index contributed by atoms with van der Waals surface area (Å²) in [4.78, 5) is 30.9. The second kappa shape index (κ2) is 8.75. The van der Waals surface area contributed by atoms with E-state index in [9.17, 15) is 14.0 Å². The van der Waals surface area contributed by atoms with Crippen LogP contribution in [0.25, 0.3) is 0 Å². The highest BCUT2D eigenvalue weighted by Crippen LogP contribution is 2.14. The van der Waals surface area contributed by atoms with Gasteiger partial charge in [0.25, 0.3) is 11.8 Å². The molecule has 4 rings (SSSR count). The molecule has 2 aliphatic heterocycles. The summed E-state index contributed by atoms with van der Waals surface area (Å²) >= 11 is 0. The number of piperazine rings is 1. The van der Waals surface area contributed by atoms with Crippen LogP contribution in [0.5, 0.6) is 0 Å². The molecule has 154 valence electrons. The number of hydrogen-bond donors (Lipinski definition) is 0. The Bertz CT molecular complexity index is 832. The fraction of sp³-hybridized carbons (Fsp3) is 0.429. The van der Waals surface area contributed by atoms with E-state index in [1.807, 2.05) is 0 Å². The van der Waals surface area contributed by atoms with Crippen LogP contribution in [0, 0.1) is 5.82 Å². The van der Waals surface area contributed by atoms with E-state index in [0.29, 0.717) is 50.5 Å². The number of halogens is 1. The molecular weight excluding hydrogens is 377 g/mol. The summed E-state index contributed by atoms with van der Waals surface area (Å²) < 4.78 is 23.9. The molecule has 1 aromatic carbocycles. The minimum absolute atomic E-state index is 0.0400. The van der Waals surface area contributed by atoms with Crippen LogP contribution in [0.2, 0.25) is 0 Å². The minimum atomic E-state index is -0.348. The molecule has 8 heteroatoms. The van der Waals surface area contributed by atoms with Gasteiger partial charge in [-0.1, -0.05) is 0 Å². The first-order valence-corrected chi connectivity index (χ1v) is 9.80. The summed E-state index contributed by atoms with van der Waals surface area (Å²) in [6.07, 6.45) is 2.90. The van der Waals surface area contributed by atoms with Crippen molar-refractivity contribution >= 4 is 11.8 Å². The van der Waals surface area contributed by atoms with Crippen LogP contribution in [-0.4, -0.2) is 85.0 Å². The van der Waals surface area contributed by atoms with Gasteiger partial charge in [0.2, 0.25) is 0 Å². The van der Waals surface area contributed by atoms with E-state index < -0.39 is 0 Å². The lowest BCUT2D eigenvalue weighted by molar-refractivity contribution is -0.0400. The number of benzene rings is 1. The van der Waals surface area contributed by atoms with Crippen LogP contribution in [0.15, 0.2) is 47.3 Å². The summed E-state index contributed by atoms with van der Waals surface area (Å²) in [5.74, 6) is -0.462. The number of ether oxygens (including phenoxy) is 1. The smallest absolute Gasteiger partial charge is 0.257 e. The molecule has 0 spiro atoms. The molecule has 2 fully saturated rings. The Balaban J connectivity index is 1.26. The van der Waals surface area contributed by atoms with Crippen LogP contribution in [0.1, 0.15) is 20.7 Å². The van der Waals surface area contributed by atoms with Crippen molar-refractivity contribution in [3.05, 3.63) is 59.8 Å². The third kappa shape index (κ3) is 4.65. The van der Waals surface area contributed by atoms with Gasteiger partial charge in [-0.05, 0) is 30.3 Å². The maximum absolute atomic E-state index is 13.1. The minimum Gasteiger partial charge on any atom is -0.472 e. The molecule has 0 saturated carbocycles. The first-order chi connectivity index (χ1) is 14.1. The van der Waals surface area contributed by atoms with Crippen LogP contribution >= 0.6 is 0 Å². The largest absolute Gasteiger partial charge is 0.472 e. The number of carbonyl (C=O) groups excluding carboxylic acids is 2. The van der Waals surface area contributed by atoms with Gasteiger partial charge >= 0.3 is 0 Å². The van der Waals surface area contributed by atoms with Crippen LogP contribution in [-0.2, 0) is 4.74 Å². The molecule has 2 aliphatic rings. The van der Waals surface area contributed by atoms with Crippen molar-refractivity contribution in [3.63, 3.8) is 0 Å². The van der Waals surface area contributed by atoms with Gasteiger partial charge in [-0.3, -0.25) is 14.5 Å². The second-order valence-electron chi connectivity index (χ2n) is 7.36. The van der Waals surface area contributed by atoms with Gasteiger partial charge in [0, 0.05) is 51.4 Å². The van der Waals surface area contributed by atoms with Gasteiger partial charge in [0.1, 0.15) is 12.1 Å². The third-order valence-corrected chi connectivity index (χ3v) is 5.41. The van der Waals surface area contributed by atoms with Gasteiger partial charge < -0.3 is 19.0 Å². The number of morpholine rings is 1. The standard InChI is InChI=1S/C21H24FN3O4/c22-18-3-1-16(2-4-18)20(26)24-8-6-23(7-9-24)13-19-14-25(10-12-29-19)21(27)17-5-11-28-15-17/h1-5,11,15,19H,6-10,12-14H2. The van der Waals surface area contributed by atoms with Crippen molar-refractivity contribution in [3.8, 4) is 0 Å². The number of carbonyl (C=O) groups is 2. The lowest BCUT2D eigenvalue weighted by Gasteiger charge is -2.39. The number of amides is 2. The molecule has 29 heavy (non-hydrogen) atoms. The molecule has 7 nitrogen and oxygen atoms in total. The average Bonchev–Trinajstić information content (AvgIpc) is 3.29. The number of hydrogen-bond acceptors (Lipinski definition) is 5. The normalized spacial score (nSPS) is 20.7. The highest BCUT2D eigenvalue weighted by Gasteiger charge is 2.29. The van der Waals surface area contributed by atoms with Gasteiger partial charge in [0.05, 0.1) is 24.5 Å². The van der Waals surface area contributed by atoms with Crippen molar-refractivity contribution in [1.82, 2.24) is 14.7 Å². The van der Waals surface area contributed by atoms with E-state index in [0.717, 1.165) is 13.1 Å². The molecule has 1 unspecified atom stereocenters. The molecule has 1 atom stereocenters. The lowest BCUT2D eigenvalue weighted by atomic mass is 10.1. The Kier molecular flexibility index (Phi) is 5.92. The summed E-state index contributed by atoms with van der Waals surface area (Å²) in [6.45, 7) is 5.04. The van der Waals surface area contributed by atoms with Gasteiger partial charge in [-0.15, -0.1) is 0 Å². The van der Waals surface area contributed by atoms with Gasteiger partial charge in [-0.2, -0.15) is 0 Å². The zero-order valence-electron chi connectivity index (χ0n) is 16.1. The van der Waals surface area contributed by atoms with Crippen LogP contribution < -0.4 is 0 Å². The maximum atomic E-state index is 13.1. The fourth-order valence-electron chi connectivity index (χ4n) is 3.78. The van der Waals surface area contributed by atoms with Crippen molar-refractivity contribution in [2.75, 3.05) is 52.4 Å². The molecular formula is C21H24FN3O4. The van der Waals surface area contributed by atoms with Crippen molar-refractivity contribution < 1.29 is 23.1 Å². The molecule has 0 aliphatic carbocycles. The molecule has 0 radical (unpaired) electrons. The molecule has 2 aromatic rings. The van der Waals surface area contributed by atoms with Crippen molar-refractivity contribution in [2.45, 2.75) is 6.10 Å². The van der Waals surface area contributed by atoms with Crippen LogP contribution in [0.4, 0.5) is 4.39 Å². The first kappa shape index (κ1) is 19.6. The summed E-state index contributed by atoms with van der Waals surface area (Å²) in [5.41, 5.74) is 1.06. The molecule has 2 saturated heterocycles. The van der Waals surface area contributed by atoms with Crippen molar-refractivity contribution in [2.24, 2.45) is 0 Å². The second-order valence-corrected chi connectivity index (χ2v) is 7.36. The van der Waals surface area contributed by atoms with E-state index in [4.69, 9.17) is 9.15 Å². The Morgan fingerprint density at radius 3 is 2.34 bits per heavy atom. The van der Waals surface area contributed by atoms with E-state index in [2.05, 4.69) is 4.90 Å². The number of rotatable bonds is 4. The summed E-state index contributed by atoms with van der Waals surface area (Å²) in [5, 5.41) is 0. The Hall–Kier alpha value is -2.71. The lowest BCUT2D eigenvalue weighted by Crippen LogP contribution is -2.54. The monoisotopic (exact) mass is 401 g/mol. The van der Waals surface area contributed by atoms with E-state index in [-0.39, 0.29) is 23.7 Å². The highest BCUT2D eigenvalue weighted by molar-refractivity contribution is 5.94. The van der Waals surface area contributed by atoms with E-state index in [1.165, 1.54) is 36.8 Å². The molecule has 3 heterocycles. The summed E-state index contributed by atoms with van der Waals surface area (Å²) in [6, 6.07) is 7.32. The summed E-state index contributed by atoms with van der Waals surface area (Å²) in [7, 11) is 0. The molecule has 0 bridgehead atoms. The predicted octanol–water partition coefficient (Wildman–Crippen LogP) is 1.72. The van der Waals surface area contributed by atoms with Gasteiger partial charge in [0.15, 0.2) is 0 Å². The molecule has 2 amide bonds. The topological polar surface area (TPSA) is 66.2 Å². The average molecular weight is 401 g/mol. The Labute approximate surface area is 168 Å². The highest BCUT2D eigenvalue weighted by atomic mass is 19.1. The number of nitrogens with zero attached hydrogens (tertiary/aromatic N) is 3. The van der Waals surface area contributed by atoms with E-state index >= 15 is 0 Å². The van der Waals surface area contributed by atoms with Crippen LogP contribution in [0.3, 0.4) is 0 Å². The predicted molar refractivity (Wildman–Crippen MR) is 103 cm³/mol. The number of furan rings is 1. The molecule has 0 N–H and O–H groups in total. The van der Waals surface area contributed by atoms with Gasteiger partial charge in [-0.25, -0.2) is 4.39 Å². The quantitative estimate of drug-likeness (QED) is 0.781. The first-order valence-electron chi connectivity index (χ1n) is 9.80. The Morgan fingerprint density at radius 1 is 0.931 bits per heavy atom. The zero-order valence-corrected chi connectivity index (χ0v) is 16.1. The SMILES string of the molecule is O=C(c1ccc(F)cc1)N1CCN(CC2CN(C(=O)c3ccoc3)CCO2)CC1. The third-order valence-electron chi connectivity index (χ3n) is 5.41. The maximum Gasteiger partial charge on any atom is 0.257 e.